The van der Waals surface area contributed by atoms with E-state index in [0.29, 0.717) is 5.75 Å². The van der Waals surface area contributed by atoms with Gasteiger partial charge in [-0.05, 0) is 89.7 Å². The minimum Gasteiger partial charge on any atom is -0.508 e. The first-order valence-electron chi connectivity index (χ1n) is 18.1. The molecule has 0 aromatic heterocycles. The number of aromatic hydroxyl groups is 3. The van der Waals surface area contributed by atoms with Crippen LogP contribution in [0.15, 0.2) is 141 Å². The SMILES string of the molecule is C=C(C)c1cccc(C(=C)C)c1.CC.CC.CC.CC(C)(c1ccc(O)cc1)c1cccc(C(C)(C)c2ccc(O)cc2)c1.Oc1ccccc1. The van der Waals surface area contributed by atoms with Crippen LogP contribution in [-0.4, -0.2) is 15.3 Å². The van der Waals surface area contributed by atoms with Crippen molar-refractivity contribution in [1.29, 1.82) is 0 Å². The maximum absolute atomic E-state index is 9.57. The predicted octanol–water partition coefficient (Wildman–Crippen LogP) is 14.0. The first-order chi connectivity index (χ1) is 24.2. The van der Waals surface area contributed by atoms with Gasteiger partial charge in [-0.3, -0.25) is 0 Å². The highest BCUT2D eigenvalue weighted by Crippen LogP contribution is 2.37. The molecule has 0 unspecified atom stereocenters. The van der Waals surface area contributed by atoms with Crippen LogP contribution in [0.4, 0.5) is 0 Å². The highest BCUT2D eigenvalue weighted by Gasteiger charge is 2.27. The number of phenols is 3. The summed E-state index contributed by atoms with van der Waals surface area (Å²) in [5.41, 5.74) is 9.01. The van der Waals surface area contributed by atoms with Crippen molar-refractivity contribution in [3.8, 4) is 17.2 Å². The Bertz CT molecular complexity index is 1590. The van der Waals surface area contributed by atoms with Gasteiger partial charge < -0.3 is 15.3 Å². The second-order valence-electron chi connectivity index (χ2n) is 12.4. The molecule has 5 aromatic rings. The van der Waals surface area contributed by atoms with Gasteiger partial charge in [-0.15, -0.1) is 0 Å². The van der Waals surface area contributed by atoms with Gasteiger partial charge in [0.05, 0.1) is 0 Å². The summed E-state index contributed by atoms with van der Waals surface area (Å²) in [5, 5.41) is 27.8. The average Bonchev–Trinajstić information content (AvgIpc) is 3.15. The van der Waals surface area contributed by atoms with E-state index in [9.17, 15) is 10.2 Å². The van der Waals surface area contributed by atoms with Crippen LogP contribution in [0.2, 0.25) is 0 Å². The fourth-order valence-electron chi connectivity index (χ4n) is 4.86. The second kappa shape index (κ2) is 23.4. The van der Waals surface area contributed by atoms with Crippen LogP contribution in [0.1, 0.15) is 116 Å². The summed E-state index contributed by atoms with van der Waals surface area (Å²) >= 11 is 0. The number of allylic oxidation sites excluding steroid dienone is 2. The molecular weight excluding hydrogens is 625 g/mol. The van der Waals surface area contributed by atoms with Crippen molar-refractivity contribution in [3.05, 3.63) is 174 Å². The van der Waals surface area contributed by atoms with E-state index in [-0.39, 0.29) is 22.3 Å². The summed E-state index contributed by atoms with van der Waals surface area (Å²) in [5.74, 6) is 0.890. The summed E-state index contributed by atoms with van der Waals surface area (Å²) in [6, 6.07) is 40.5. The summed E-state index contributed by atoms with van der Waals surface area (Å²) in [6.45, 7) is 32.6. The number of rotatable bonds is 6. The van der Waals surface area contributed by atoms with Crippen LogP contribution in [0.5, 0.6) is 17.2 Å². The third-order valence-electron chi connectivity index (χ3n) is 8.09. The number of para-hydroxylation sites is 1. The Kier molecular flexibility index (Phi) is 21.1. The zero-order valence-electron chi connectivity index (χ0n) is 33.4. The number of hydrogen-bond donors (Lipinski definition) is 3. The summed E-state index contributed by atoms with van der Waals surface area (Å²) in [6.07, 6.45) is 0. The van der Waals surface area contributed by atoms with Gasteiger partial charge in [0, 0.05) is 10.8 Å². The van der Waals surface area contributed by atoms with Gasteiger partial charge in [-0.2, -0.15) is 0 Å². The molecule has 51 heavy (non-hydrogen) atoms. The van der Waals surface area contributed by atoms with E-state index in [1.165, 1.54) is 22.3 Å². The van der Waals surface area contributed by atoms with Crippen molar-refractivity contribution in [3.63, 3.8) is 0 Å². The van der Waals surface area contributed by atoms with E-state index in [4.69, 9.17) is 5.11 Å². The second-order valence-corrected chi connectivity index (χ2v) is 12.4. The van der Waals surface area contributed by atoms with E-state index >= 15 is 0 Å². The Balaban J connectivity index is 0.000000824. The van der Waals surface area contributed by atoms with Gasteiger partial charge in [0.25, 0.3) is 0 Å². The van der Waals surface area contributed by atoms with E-state index in [1.807, 2.05) is 91.8 Å². The van der Waals surface area contributed by atoms with Crippen LogP contribution in [0.3, 0.4) is 0 Å². The molecule has 0 bridgehead atoms. The molecule has 0 saturated heterocycles. The molecule has 274 valence electrons. The zero-order valence-corrected chi connectivity index (χ0v) is 33.4. The number of benzene rings is 5. The van der Waals surface area contributed by atoms with Crippen LogP contribution in [0.25, 0.3) is 11.1 Å². The summed E-state index contributed by atoms with van der Waals surface area (Å²) in [4.78, 5) is 0. The fourth-order valence-corrected chi connectivity index (χ4v) is 4.86. The first kappa shape index (κ1) is 46.0. The Morgan fingerprint density at radius 1 is 0.392 bits per heavy atom. The molecule has 0 aliphatic rings. The highest BCUT2D eigenvalue weighted by atomic mass is 16.3. The maximum atomic E-state index is 9.57. The molecular formula is C48H64O3. The third kappa shape index (κ3) is 14.8. The van der Waals surface area contributed by atoms with Crippen LogP contribution < -0.4 is 0 Å². The largest absolute Gasteiger partial charge is 0.508 e. The van der Waals surface area contributed by atoms with Crippen molar-refractivity contribution < 1.29 is 15.3 Å². The lowest BCUT2D eigenvalue weighted by Crippen LogP contribution is -2.22. The quantitative estimate of drug-likeness (QED) is 0.166. The van der Waals surface area contributed by atoms with Crippen molar-refractivity contribution in [1.82, 2.24) is 0 Å². The van der Waals surface area contributed by atoms with Gasteiger partial charge >= 0.3 is 0 Å². The van der Waals surface area contributed by atoms with Gasteiger partial charge in [0.2, 0.25) is 0 Å². The molecule has 3 nitrogen and oxygen atoms in total. The molecule has 0 amide bonds. The predicted molar refractivity (Wildman–Crippen MR) is 225 cm³/mol. The molecule has 0 fully saturated rings. The maximum Gasteiger partial charge on any atom is 0.115 e. The normalized spacial score (nSPS) is 9.96. The van der Waals surface area contributed by atoms with Crippen LogP contribution in [-0.2, 0) is 10.8 Å². The van der Waals surface area contributed by atoms with Crippen molar-refractivity contribution >= 4 is 11.1 Å². The van der Waals surface area contributed by atoms with Gasteiger partial charge in [0.1, 0.15) is 17.2 Å². The van der Waals surface area contributed by atoms with Crippen molar-refractivity contribution in [2.75, 3.05) is 0 Å². The van der Waals surface area contributed by atoms with Crippen LogP contribution in [0, 0.1) is 0 Å². The van der Waals surface area contributed by atoms with Gasteiger partial charge in [0.15, 0.2) is 0 Å². The monoisotopic (exact) mass is 688 g/mol. The van der Waals surface area contributed by atoms with Gasteiger partial charge in [-0.1, -0.05) is 178 Å². The first-order valence-corrected chi connectivity index (χ1v) is 18.1. The Hall–Kier alpha value is -5.02. The number of phenolic OH excluding ortho intramolecular Hbond substituents is 3. The molecule has 0 radical (unpaired) electrons. The molecule has 3 heteroatoms. The highest BCUT2D eigenvalue weighted by molar-refractivity contribution is 5.68. The van der Waals surface area contributed by atoms with E-state index in [2.05, 4.69) is 83.3 Å². The van der Waals surface area contributed by atoms with E-state index in [1.54, 1.807) is 48.5 Å². The molecule has 5 aromatic carbocycles. The lowest BCUT2D eigenvalue weighted by molar-refractivity contribution is 0.474. The minimum atomic E-state index is -0.172. The lowest BCUT2D eigenvalue weighted by Gasteiger charge is -2.31. The Morgan fingerprint density at radius 3 is 1.00 bits per heavy atom. The molecule has 0 aliphatic heterocycles. The average molecular weight is 689 g/mol. The summed E-state index contributed by atoms with van der Waals surface area (Å²) < 4.78 is 0. The molecule has 0 aliphatic carbocycles. The van der Waals surface area contributed by atoms with Crippen LogP contribution >= 0.6 is 0 Å². The topological polar surface area (TPSA) is 60.7 Å². The third-order valence-corrected chi connectivity index (χ3v) is 8.09. The fraction of sp³-hybridized carbons (Fsp3) is 0.292. The zero-order chi connectivity index (χ0) is 39.2. The standard InChI is InChI=1S/C24H26O2.C12H14.C6H6O.3C2H6/c1-23(2,17-8-12-21(25)13-9-17)19-6-5-7-20(16-19)24(3,4)18-10-14-22(26)15-11-18;1-9(2)11-6-5-7-12(8-11)10(3)4;7-6-4-2-1-3-5-6;3*1-2/h5-16,25-26H,1-4H3;5-8H,1,3H2,2,4H3;1-5,7H;3*1-2H3. The molecule has 0 saturated carbocycles. The van der Waals surface area contributed by atoms with Gasteiger partial charge in [-0.25, -0.2) is 0 Å². The van der Waals surface area contributed by atoms with Crippen molar-refractivity contribution in [2.24, 2.45) is 0 Å². The smallest absolute Gasteiger partial charge is 0.115 e. The molecule has 0 atom stereocenters. The molecule has 0 heterocycles. The number of hydrogen-bond acceptors (Lipinski definition) is 3. The van der Waals surface area contributed by atoms with E-state index in [0.717, 1.165) is 22.3 Å². The Morgan fingerprint density at radius 2 is 0.706 bits per heavy atom. The summed E-state index contributed by atoms with van der Waals surface area (Å²) in [7, 11) is 0. The molecule has 3 N–H and O–H groups in total. The molecule has 5 rings (SSSR count). The minimum absolute atomic E-state index is 0.172. The lowest BCUT2D eigenvalue weighted by atomic mass is 9.73. The van der Waals surface area contributed by atoms with E-state index < -0.39 is 0 Å². The van der Waals surface area contributed by atoms with Crippen molar-refractivity contribution in [2.45, 2.75) is 93.9 Å². The molecule has 0 spiro atoms. The Labute approximate surface area is 310 Å².